The number of hydrogen-bond acceptors (Lipinski definition) is 3. The van der Waals surface area contributed by atoms with Crippen molar-refractivity contribution in [3.8, 4) is 0 Å². The van der Waals surface area contributed by atoms with Crippen molar-refractivity contribution in [3.05, 3.63) is 52.9 Å². The Hall–Kier alpha value is -1.61. The summed E-state index contributed by atoms with van der Waals surface area (Å²) >= 11 is 6.00. The number of benzene rings is 1. The van der Waals surface area contributed by atoms with Crippen LogP contribution in [0.15, 0.2) is 36.5 Å². The molecule has 0 amide bonds. The van der Waals surface area contributed by atoms with Crippen LogP contribution in [0, 0.1) is 6.92 Å². The summed E-state index contributed by atoms with van der Waals surface area (Å²) in [6, 6.07) is 10.4. The molecule has 3 nitrogen and oxygen atoms in total. The molecule has 0 atom stereocenters. The standard InChI is InChI=1S/C14H16ClN3/c1-11-17-10-13(15)14(18-11)16-9-5-8-12-6-3-2-4-7-12/h2-4,6-7,10H,5,8-9H2,1H3,(H,16,17,18). The number of hydrogen-bond donors (Lipinski definition) is 1. The normalized spacial score (nSPS) is 10.3. The van der Waals surface area contributed by atoms with E-state index < -0.39 is 0 Å². The lowest BCUT2D eigenvalue weighted by molar-refractivity contribution is 0.856. The van der Waals surface area contributed by atoms with Gasteiger partial charge in [0.15, 0.2) is 0 Å². The third-order valence-corrected chi connectivity index (χ3v) is 2.92. The van der Waals surface area contributed by atoms with Gasteiger partial charge in [0.2, 0.25) is 0 Å². The van der Waals surface area contributed by atoms with Crippen molar-refractivity contribution < 1.29 is 0 Å². The van der Waals surface area contributed by atoms with Crippen LogP contribution in [0.4, 0.5) is 5.82 Å². The van der Waals surface area contributed by atoms with Crippen LogP contribution in [0.1, 0.15) is 17.8 Å². The van der Waals surface area contributed by atoms with Crippen molar-refractivity contribution in [2.24, 2.45) is 0 Å². The highest BCUT2D eigenvalue weighted by atomic mass is 35.5. The summed E-state index contributed by atoms with van der Waals surface area (Å²) in [6.07, 6.45) is 3.72. The van der Waals surface area contributed by atoms with E-state index in [2.05, 4.69) is 39.6 Å². The van der Waals surface area contributed by atoms with E-state index in [0.717, 1.165) is 31.0 Å². The smallest absolute Gasteiger partial charge is 0.148 e. The maximum absolute atomic E-state index is 6.00. The molecule has 0 fully saturated rings. The molecule has 2 rings (SSSR count). The van der Waals surface area contributed by atoms with Crippen molar-refractivity contribution in [1.29, 1.82) is 0 Å². The molecule has 0 saturated heterocycles. The summed E-state index contributed by atoms with van der Waals surface area (Å²) in [7, 11) is 0. The molecule has 1 aromatic heterocycles. The van der Waals surface area contributed by atoms with Crippen LogP contribution in [0.5, 0.6) is 0 Å². The predicted molar refractivity (Wildman–Crippen MR) is 75.0 cm³/mol. The molecule has 2 aromatic rings. The molecule has 0 bridgehead atoms. The van der Waals surface area contributed by atoms with Gasteiger partial charge in [0.1, 0.15) is 16.7 Å². The van der Waals surface area contributed by atoms with Gasteiger partial charge in [0.25, 0.3) is 0 Å². The average molecular weight is 262 g/mol. The lowest BCUT2D eigenvalue weighted by Crippen LogP contribution is -2.06. The average Bonchev–Trinajstić information content (AvgIpc) is 2.40. The van der Waals surface area contributed by atoms with E-state index in [4.69, 9.17) is 11.6 Å². The summed E-state index contributed by atoms with van der Waals surface area (Å²) < 4.78 is 0. The minimum Gasteiger partial charge on any atom is -0.369 e. The van der Waals surface area contributed by atoms with Crippen LogP contribution in [-0.4, -0.2) is 16.5 Å². The zero-order valence-electron chi connectivity index (χ0n) is 10.4. The molecular formula is C14H16ClN3. The molecule has 18 heavy (non-hydrogen) atoms. The van der Waals surface area contributed by atoms with Crippen LogP contribution in [0.25, 0.3) is 0 Å². The van der Waals surface area contributed by atoms with Crippen LogP contribution < -0.4 is 5.32 Å². The molecule has 1 N–H and O–H groups in total. The van der Waals surface area contributed by atoms with Crippen molar-refractivity contribution in [2.45, 2.75) is 19.8 Å². The Morgan fingerprint density at radius 3 is 2.78 bits per heavy atom. The molecule has 0 radical (unpaired) electrons. The van der Waals surface area contributed by atoms with Gasteiger partial charge < -0.3 is 5.32 Å². The van der Waals surface area contributed by atoms with Crippen molar-refractivity contribution >= 4 is 17.4 Å². The van der Waals surface area contributed by atoms with Crippen molar-refractivity contribution in [1.82, 2.24) is 9.97 Å². The van der Waals surface area contributed by atoms with Crippen LogP contribution in [0.2, 0.25) is 5.02 Å². The Kier molecular flexibility index (Phi) is 4.53. The molecular weight excluding hydrogens is 246 g/mol. The third kappa shape index (κ3) is 3.70. The first-order valence-corrected chi connectivity index (χ1v) is 6.40. The molecule has 1 heterocycles. The van der Waals surface area contributed by atoms with E-state index in [9.17, 15) is 0 Å². The van der Waals surface area contributed by atoms with E-state index >= 15 is 0 Å². The van der Waals surface area contributed by atoms with E-state index in [1.54, 1.807) is 6.20 Å². The minimum absolute atomic E-state index is 0.570. The quantitative estimate of drug-likeness (QED) is 0.838. The monoisotopic (exact) mass is 261 g/mol. The first kappa shape index (κ1) is 12.8. The number of nitrogens with one attached hydrogen (secondary N) is 1. The molecule has 4 heteroatoms. The topological polar surface area (TPSA) is 37.8 Å². The van der Waals surface area contributed by atoms with Crippen LogP contribution in [0.3, 0.4) is 0 Å². The molecule has 0 aliphatic rings. The van der Waals surface area contributed by atoms with Crippen molar-refractivity contribution in [2.75, 3.05) is 11.9 Å². The van der Waals surface area contributed by atoms with Gasteiger partial charge in [-0.25, -0.2) is 9.97 Å². The van der Waals surface area contributed by atoms with Gasteiger partial charge in [0, 0.05) is 6.54 Å². The fourth-order valence-corrected chi connectivity index (χ4v) is 1.88. The van der Waals surface area contributed by atoms with Gasteiger partial charge in [-0.2, -0.15) is 0 Å². The summed E-state index contributed by atoms with van der Waals surface area (Å²) in [4.78, 5) is 8.30. The second kappa shape index (κ2) is 6.36. The number of anilines is 1. The van der Waals surface area contributed by atoms with Crippen molar-refractivity contribution in [3.63, 3.8) is 0 Å². The third-order valence-electron chi connectivity index (χ3n) is 2.64. The SMILES string of the molecule is Cc1ncc(Cl)c(NCCCc2ccccc2)n1. The minimum atomic E-state index is 0.570. The Morgan fingerprint density at radius 2 is 2.00 bits per heavy atom. The van der Waals surface area contributed by atoms with Gasteiger partial charge in [-0.3, -0.25) is 0 Å². The lowest BCUT2D eigenvalue weighted by Gasteiger charge is -2.07. The molecule has 0 saturated carbocycles. The summed E-state index contributed by atoms with van der Waals surface area (Å²) in [5, 5.41) is 3.81. The zero-order valence-corrected chi connectivity index (χ0v) is 11.1. The zero-order chi connectivity index (χ0) is 12.8. The van der Waals surface area contributed by atoms with E-state index in [1.165, 1.54) is 5.56 Å². The molecule has 1 aromatic carbocycles. The highest BCUT2D eigenvalue weighted by molar-refractivity contribution is 6.32. The molecule has 0 aliphatic heterocycles. The fourth-order valence-electron chi connectivity index (χ4n) is 1.72. The van der Waals surface area contributed by atoms with E-state index in [1.807, 2.05) is 13.0 Å². The Bertz CT molecular complexity index is 500. The number of aromatic nitrogens is 2. The first-order chi connectivity index (χ1) is 8.75. The van der Waals surface area contributed by atoms with Gasteiger partial charge in [-0.05, 0) is 25.3 Å². The van der Waals surface area contributed by atoms with Gasteiger partial charge in [0.05, 0.1) is 6.20 Å². The lowest BCUT2D eigenvalue weighted by atomic mass is 10.1. The van der Waals surface area contributed by atoms with E-state index in [0.29, 0.717) is 5.02 Å². The molecule has 0 spiro atoms. The molecule has 0 aliphatic carbocycles. The predicted octanol–water partition coefficient (Wildman–Crippen LogP) is 3.48. The number of aryl methyl sites for hydroxylation is 2. The summed E-state index contributed by atoms with van der Waals surface area (Å²) in [6.45, 7) is 2.70. The highest BCUT2D eigenvalue weighted by Crippen LogP contribution is 2.17. The number of rotatable bonds is 5. The first-order valence-electron chi connectivity index (χ1n) is 6.02. The second-order valence-corrected chi connectivity index (χ2v) is 4.54. The highest BCUT2D eigenvalue weighted by Gasteiger charge is 2.02. The number of halogens is 1. The largest absolute Gasteiger partial charge is 0.369 e. The Balaban J connectivity index is 1.80. The molecule has 94 valence electrons. The maximum atomic E-state index is 6.00. The Morgan fingerprint density at radius 1 is 1.22 bits per heavy atom. The molecule has 0 unspecified atom stereocenters. The Labute approximate surface area is 112 Å². The van der Waals surface area contributed by atoms with Gasteiger partial charge >= 0.3 is 0 Å². The number of nitrogens with zero attached hydrogens (tertiary/aromatic N) is 2. The summed E-state index contributed by atoms with van der Waals surface area (Å²) in [5.74, 6) is 1.45. The maximum Gasteiger partial charge on any atom is 0.148 e. The second-order valence-electron chi connectivity index (χ2n) is 4.13. The fraction of sp³-hybridized carbons (Fsp3) is 0.286. The van der Waals surface area contributed by atoms with Crippen LogP contribution >= 0.6 is 11.6 Å². The van der Waals surface area contributed by atoms with E-state index in [-0.39, 0.29) is 0 Å². The van der Waals surface area contributed by atoms with Gasteiger partial charge in [-0.15, -0.1) is 0 Å². The van der Waals surface area contributed by atoms with Gasteiger partial charge in [-0.1, -0.05) is 41.9 Å². The summed E-state index contributed by atoms with van der Waals surface area (Å²) in [5.41, 5.74) is 1.35. The van der Waals surface area contributed by atoms with Crippen LogP contribution in [-0.2, 0) is 6.42 Å².